The third-order valence-corrected chi connectivity index (χ3v) is 3.75. The van der Waals surface area contributed by atoms with Gasteiger partial charge >= 0.3 is 0 Å². The fourth-order valence-corrected chi connectivity index (χ4v) is 2.55. The Morgan fingerprint density at radius 1 is 1.40 bits per heavy atom. The molecule has 0 spiro atoms. The molecule has 0 aromatic carbocycles. The summed E-state index contributed by atoms with van der Waals surface area (Å²) < 4.78 is 5.22. The van der Waals surface area contributed by atoms with Crippen molar-refractivity contribution in [1.29, 1.82) is 0 Å². The third-order valence-electron chi connectivity index (χ3n) is 3.07. The number of rotatable bonds is 7. The van der Waals surface area contributed by atoms with Crippen molar-refractivity contribution >= 4 is 11.3 Å². The van der Waals surface area contributed by atoms with Crippen molar-refractivity contribution in [2.45, 2.75) is 13.5 Å². The first-order valence-electron chi connectivity index (χ1n) is 6.32. The lowest BCUT2D eigenvalue weighted by molar-refractivity contribution is 0.0378. The molecular weight excluding hydrogens is 278 g/mol. The number of aromatic nitrogens is 2. The molecule has 0 fully saturated rings. The molecule has 6 nitrogen and oxygen atoms in total. The fraction of sp³-hybridized carbons (Fsp3) is 0.538. The number of hydrogen-bond donors (Lipinski definition) is 2. The van der Waals surface area contributed by atoms with Crippen LogP contribution < -0.4 is 0 Å². The zero-order valence-corrected chi connectivity index (χ0v) is 12.4. The van der Waals surface area contributed by atoms with Crippen LogP contribution in [0.25, 0.3) is 11.4 Å². The minimum atomic E-state index is -0.537. The second-order valence-corrected chi connectivity index (χ2v) is 6.10. The fourth-order valence-electron chi connectivity index (χ4n) is 1.92. The summed E-state index contributed by atoms with van der Waals surface area (Å²) in [6.07, 6.45) is 0. The molecule has 2 rings (SSSR count). The lowest BCUT2D eigenvalue weighted by atomic mass is 9.92. The van der Waals surface area contributed by atoms with Gasteiger partial charge in [0, 0.05) is 22.9 Å². The van der Waals surface area contributed by atoms with Crippen LogP contribution in [0, 0.1) is 5.41 Å². The van der Waals surface area contributed by atoms with Gasteiger partial charge < -0.3 is 14.7 Å². The molecule has 0 unspecified atom stereocenters. The highest BCUT2D eigenvalue weighted by Crippen LogP contribution is 2.20. The van der Waals surface area contributed by atoms with Crippen molar-refractivity contribution < 1.29 is 14.7 Å². The van der Waals surface area contributed by atoms with E-state index in [2.05, 4.69) is 10.1 Å². The van der Waals surface area contributed by atoms with Crippen LogP contribution in [0.4, 0.5) is 0 Å². The quantitative estimate of drug-likeness (QED) is 0.799. The van der Waals surface area contributed by atoms with Crippen LogP contribution >= 0.6 is 11.3 Å². The Balaban J connectivity index is 1.97. The molecule has 0 atom stereocenters. The number of aliphatic hydroxyl groups excluding tert-OH is 2. The summed E-state index contributed by atoms with van der Waals surface area (Å²) in [5.41, 5.74) is 0.411. The lowest BCUT2D eigenvalue weighted by Gasteiger charge is -2.29. The molecular formula is C13H19N3O3S. The molecule has 0 bridgehead atoms. The minimum absolute atomic E-state index is 0.0716. The molecule has 2 heterocycles. The molecule has 2 aromatic heterocycles. The van der Waals surface area contributed by atoms with Gasteiger partial charge in [0.1, 0.15) is 0 Å². The molecule has 2 aromatic rings. The summed E-state index contributed by atoms with van der Waals surface area (Å²) in [5.74, 6) is 1.11. The zero-order valence-electron chi connectivity index (χ0n) is 11.6. The highest BCUT2D eigenvalue weighted by molar-refractivity contribution is 7.08. The highest BCUT2D eigenvalue weighted by Gasteiger charge is 2.25. The average Bonchev–Trinajstić information content (AvgIpc) is 3.08. The molecule has 0 saturated carbocycles. The van der Waals surface area contributed by atoms with Gasteiger partial charge in [-0.25, -0.2) is 0 Å². The van der Waals surface area contributed by atoms with E-state index < -0.39 is 5.41 Å². The van der Waals surface area contributed by atoms with Crippen LogP contribution in [-0.4, -0.2) is 52.1 Å². The Hall–Kier alpha value is -1.28. The maximum absolute atomic E-state index is 9.29. The molecule has 0 saturated heterocycles. The molecule has 0 amide bonds. The van der Waals surface area contributed by atoms with Gasteiger partial charge in [-0.15, -0.1) is 0 Å². The van der Waals surface area contributed by atoms with E-state index in [1.807, 2.05) is 35.7 Å². The van der Waals surface area contributed by atoms with Gasteiger partial charge in [-0.05, 0) is 18.5 Å². The first-order valence-corrected chi connectivity index (χ1v) is 7.26. The topological polar surface area (TPSA) is 82.6 Å². The van der Waals surface area contributed by atoms with Crippen molar-refractivity contribution in [3.63, 3.8) is 0 Å². The summed E-state index contributed by atoms with van der Waals surface area (Å²) in [7, 11) is 1.89. The van der Waals surface area contributed by atoms with E-state index in [0.29, 0.717) is 24.8 Å². The number of nitrogens with zero attached hydrogens (tertiary/aromatic N) is 3. The number of hydrogen-bond acceptors (Lipinski definition) is 7. The summed E-state index contributed by atoms with van der Waals surface area (Å²) >= 11 is 1.58. The average molecular weight is 297 g/mol. The van der Waals surface area contributed by atoms with E-state index in [1.54, 1.807) is 11.3 Å². The molecule has 110 valence electrons. The van der Waals surface area contributed by atoms with E-state index >= 15 is 0 Å². The third kappa shape index (κ3) is 3.63. The van der Waals surface area contributed by atoms with Crippen LogP contribution in [0.5, 0.6) is 0 Å². The van der Waals surface area contributed by atoms with Gasteiger partial charge in [-0.2, -0.15) is 16.3 Å². The first kappa shape index (κ1) is 15.1. The minimum Gasteiger partial charge on any atom is -0.396 e. The second-order valence-electron chi connectivity index (χ2n) is 5.32. The van der Waals surface area contributed by atoms with Gasteiger partial charge in [-0.1, -0.05) is 12.1 Å². The van der Waals surface area contributed by atoms with E-state index in [-0.39, 0.29) is 13.2 Å². The lowest BCUT2D eigenvalue weighted by Crippen LogP contribution is -2.38. The van der Waals surface area contributed by atoms with Crippen molar-refractivity contribution in [3.05, 3.63) is 22.7 Å². The smallest absolute Gasteiger partial charge is 0.241 e. The van der Waals surface area contributed by atoms with Crippen molar-refractivity contribution in [2.75, 3.05) is 26.8 Å². The molecule has 0 aliphatic heterocycles. The summed E-state index contributed by atoms with van der Waals surface area (Å²) in [5, 5.41) is 26.5. The van der Waals surface area contributed by atoms with Crippen molar-refractivity contribution in [2.24, 2.45) is 5.41 Å². The zero-order chi connectivity index (χ0) is 14.6. The Morgan fingerprint density at radius 2 is 2.15 bits per heavy atom. The second kappa shape index (κ2) is 6.45. The van der Waals surface area contributed by atoms with Gasteiger partial charge in [-0.3, -0.25) is 4.90 Å². The van der Waals surface area contributed by atoms with Crippen LogP contribution in [0.1, 0.15) is 12.8 Å². The molecule has 0 radical (unpaired) electrons. The van der Waals surface area contributed by atoms with Crippen LogP contribution in [0.15, 0.2) is 21.3 Å². The Labute approximate surface area is 121 Å². The molecule has 20 heavy (non-hydrogen) atoms. The number of aliphatic hydroxyl groups is 2. The van der Waals surface area contributed by atoms with E-state index in [1.165, 1.54) is 0 Å². The molecule has 0 aliphatic carbocycles. The van der Waals surface area contributed by atoms with Crippen molar-refractivity contribution in [3.8, 4) is 11.4 Å². The van der Waals surface area contributed by atoms with E-state index in [4.69, 9.17) is 4.52 Å². The predicted molar refractivity (Wildman–Crippen MR) is 76.2 cm³/mol. The summed E-state index contributed by atoms with van der Waals surface area (Å²) in [4.78, 5) is 6.28. The monoisotopic (exact) mass is 297 g/mol. The largest absolute Gasteiger partial charge is 0.396 e. The molecule has 7 heteroatoms. The molecule has 0 aliphatic rings. The molecule has 2 N–H and O–H groups in total. The Bertz CT molecular complexity index is 523. The normalized spacial score (nSPS) is 12.2. The van der Waals surface area contributed by atoms with Gasteiger partial charge in [0.05, 0.1) is 19.8 Å². The van der Waals surface area contributed by atoms with E-state index in [9.17, 15) is 10.2 Å². The predicted octanol–water partition coefficient (Wildman–Crippen LogP) is 1.22. The van der Waals surface area contributed by atoms with Crippen LogP contribution in [0.3, 0.4) is 0 Å². The number of thiophene rings is 1. The Kier molecular flexibility index (Phi) is 4.87. The summed E-state index contributed by atoms with van der Waals surface area (Å²) in [6, 6.07) is 1.94. The van der Waals surface area contributed by atoms with Crippen LogP contribution in [0.2, 0.25) is 0 Å². The van der Waals surface area contributed by atoms with Crippen LogP contribution in [-0.2, 0) is 6.54 Å². The first-order chi connectivity index (χ1) is 9.56. The van der Waals surface area contributed by atoms with Crippen molar-refractivity contribution in [1.82, 2.24) is 15.0 Å². The Morgan fingerprint density at radius 3 is 2.75 bits per heavy atom. The summed E-state index contributed by atoms with van der Waals surface area (Å²) in [6.45, 7) is 2.70. The van der Waals surface area contributed by atoms with Gasteiger partial charge in [0.15, 0.2) is 0 Å². The maximum Gasteiger partial charge on any atom is 0.241 e. The maximum atomic E-state index is 9.29. The highest BCUT2D eigenvalue weighted by atomic mass is 32.1. The standard InChI is InChI=1S/C13H19N3O3S/c1-13(8-17,9-18)7-16(2)5-11-14-12(15-19-11)10-3-4-20-6-10/h3-4,6,17-18H,5,7-9H2,1-2H3. The van der Waals surface area contributed by atoms with Gasteiger partial charge in [0.25, 0.3) is 0 Å². The van der Waals surface area contributed by atoms with E-state index in [0.717, 1.165) is 5.56 Å². The SMILES string of the molecule is CN(Cc1nc(-c2ccsc2)no1)CC(C)(CO)CO. The van der Waals surface area contributed by atoms with Gasteiger partial charge in [0.2, 0.25) is 11.7 Å².